The van der Waals surface area contributed by atoms with Crippen molar-refractivity contribution in [3.63, 3.8) is 0 Å². The second kappa shape index (κ2) is 9.05. The Hall–Kier alpha value is -3.73. The summed E-state index contributed by atoms with van der Waals surface area (Å²) in [7, 11) is 1.27. The van der Waals surface area contributed by atoms with E-state index in [1.165, 1.54) is 18.4 Å². The van der Waals surface area contributed by atoms with Gasteiger partial charge in [0.05, 0.1) is 24.6 Å². The molecule has 1 aliphatic carbocycles. The number of hydrogen-bond acceptors (Lipinski definition) is 6. The van der Waals surface area contributed by atoms with Crippen molar-refractivity contribution in [1.29, 1.82) is 0 Å². The molecule has 0 bridgehead atoms. The van der Waals surface area contributed by atoms with Gasteiger partial charge in [0.15, 0.2) is 11.3 Å². The second-order valence-electron chi connectivity index (χ2n) is 8.69. The lowest BCUT2D eigenvalue weighted by molar-refractivity contribution is -0.142. The summed E-state index contributed by atoms with van der Waals surface area (Å²) in [6.07, 6.45) is -1.32. The number of carbonyl (C=O) groups excluding carboxylic acids is 2. The maximum atomic E-state index is 13.9. The van der Waals surface area contributed by atoms with Crippen LogP contribution in [0.5, 0.6) is 0 Å². The van der Waals surface area contributed by atoms with Crippen LogP contribution in [0.25, 0.3) is 16.9 Å². The highest BCUT2D eigenvalue weighted by Gasteiger charge is 2.36. The number of amides is 1. The third kappa shape index (κ3) is 4.23. The minimum Gasteiger partial charge on any atom is -0.465 e. The van der Waals surface area contributed by atoms with E-state index >= 15 is 0 Å². The molecule has 1 aliphatic rings. The van der Waals surface area contributed by atoms with Crippen LogP contribution in [0, 0.1) is 5.92 Å². The Kier molecular flexibility index (Phi) is 6.03. The van der Waals surface area contributed by atoms with Gasteiger partial charge in [-0.15, -0.1) is 11.3 Å². The lowest BCUT2D eigenvalue weighted by Crippen LogP contribution is -2.17. The van der Waals surface area contributed by atoms with Crippen LogP contribution in [-0.4, -0.2) is 33.6 Å². The number of alkyl halides is 3. The fourth-order valence-electron chi connectivity index (χ4n) is 4.41. The van der Waals surface area contributed by atoms with Crippen LogP contribution in [0.15, 0.2) is 42.6 Å². The predicted octanol–water partition coefficient (Wildman–Crippen LogP) is 5.64. The van der Waals surface area contributed by atoms with Gasteiger partial charge in [-0.1, -0.05) is 37.3 Å². The fourth-order valence-corrected chi connectivity index (χ4v) is 5.80. The van der Waals surface area contributed by atoms with Crippen molar-refractivity contribution in [2.75, 3.05) is 12.4 Å². The summed E-state index contributed by atoms with van der Waals surface area (Å²) in [5, 5.41) is 6.84. The van der Waals surface area contributed by atoms with E-state index in [4.69, 9.17) is 4.74 Å². The number of ether oxygens (including phenoxy) is 1. The van der Waals surface area contributed by atoms with E-state index in [0.717, 1.165) is 35.5 Å². The lowest BCUT2D eigenvalue weighted by atomic mass is 9.88. The van der Waals surface area contributed by atoms with Crippen molar-refractivity contribution >= 4 is 33.9 Å². The number of hydrogen-bond donors (Lipinski definition) is 1. The molecule has 7 nitrogen and oxygen atoms in total. The van der Waals surface area contributed by atoms with Crippen LogP contribution >= 0.6 is 11.3 Å². The maximum absolute atomic E-state index is 13.9. The molecule has 1 N–H and O–H groups in total. The summed E-state index contributed by atoms with van der Waals surface area (Å²) < 4.78 is 47.2. The highest BCUT2D eigenvalue weighted by atomic mass is 32.1. The zero-order valence-corrected chi connectivity index (χ0v) is 20.2. The molecule has 0 fully saturated rings. The number of anilines is 1. The van der Waals surface area contributed by atoms with Crippen LogP contribution in [0.2, 0.25) is 0 Å². The molecule has 0 spiro atoms. The van der Waals surface area contributed by atoms with E-state index in [1.54, 1.807) is 30.3 Å². The molecular formula is C25H21F3N4O3S. The molecule has 0 saturated heterocycles. The molecule has 11 heteroatoms. The van der Waals surface area contributed by atoms with E-state index in [9.17, 15) is 22.8 Å². The Morgan fingerprint density at radius 1 is 1.22 bits per heavy atom. The third-order valence-corrected chi connectivity index (χ3v) is 7.37. The Morgan fingerprint density at radius 2 is 1.97 bits per heavy atom. The smallest absolute Gasteiger partial charge is 0.433 e. The molecule has 0 unspecified atom stereocenters. The highest BCUT2D eigenvalue weighted by molar-refractivity contribution is 7.17. The Bertz CT molecular complexity index is 1480. The average molecular weight is 515 g/mol. The molecule has 4 aromatic rings. The standard InChI is InChI=1S/C25H21F3N4O3S/c1-13-8-9-15-18(10-13)36-23(20(15)24(34)35-2)31-22(33)16-12-29-32-19(25(26,27)28)11-17(30-21(16)32)14-6-4-3-5-7-14/h3-7,11-13H,8-10H2,1-2H3,(H,31,33)/t13-/m1/s1. The summed E-state index contributed by atoms with van der Waals surface area (Å²) in [6, 6.07) is 9.29. The molecule has 36 heavy (non-hydrogen) atoms. The van der Waals surface area contributed by atoms with Crippen molar-refractivity contribution in [2.45, 2.75) is 32.4 Å². The molecule has 3 heterocycles. The SMILES string of the molecule is COC(=O)c1c(NC(=O)c2cnn3c(C(F)(F)F)cc(-c4ccccc4)nc23)sc2c1CC[C@@H](C)C2. The zero-order chi connectivity index (χ0) is 25.6. The third-order valence-electron chi connectivity index (χ3n) is 6.20. The fraction of sp³-hybridized carbons (Fsp3) is 0.280. The topological polar surface area (TPSA) is 85.6 Å². The first-order valence-corrected chi connectivity index (χ1v) is 12.0. The van der Waals surface area contributed by atoms with Gasteiger partial charge in [-0.2, -0.15) is 18.3 Å². The van der Waals surface area contributed by atoms with Crippen molar-refractivity contribution in [1.82, 2.24) is 14.6 Å². The van der Waals surface area contributed by atoms with Crippen molar-refractivity contribution < 1.29 is 27.5 Å². The van der Waals surface area contributed by atoms with Crippen LogP contribution < -0.4 is 5.32 Å². The minimum atomic E-state index is -4.73. The second-order valence-corrected chi connectivity index (χ2v) is 9.79. The van der Waals surface area contributed by atoms with Gasteiger partial charge < -0.3 is 10.1 Å². The highest BCUT2D eigenvalue weighted by Crippen LogP contribution is 2.40. The van der Waals surface area contributed by atoms with Crippen molar-refractivity contribution in [3.05, 3.63) is 69.9 Å². The molecule has 1 aromatic carbocycles. The molecule has 3 aromatic heterocycles. The molecule has 0 aliphatic heterocycles. The first kappa shape index (κ1) is 24.0. The number of fused-ring (bicyclic) bond motifs is 2. The van der Waals surface area contributed by atoms with Gasteiger partial charge in [-0.25, -0.2) is 14.3 Å². The molecule has 186 valence electrons. The van der Waals surface area contributed by atoms with Gasteiger partial charge in [-0.3, -0.25) is 4.79 Å². The maximum Gasteiger partial charge on any atom is 0.433 e. The Balaban J connectivity index is 1.59. The number of rotatable bonds is 4. The zero-order valence-electron chi connectivity index (χ0n) is 19.3. The van der Waals surface area contributed by atoms with Gasteiger partial charge in [0.25, 0.3) is 5.91 Å². The van der Waals surface area contributed by atoms with Crippen LogP contribution in [0.4, 0.5) is 18.2 Å². The number of halogens is 3. The van der Waals surface area contributed by atoms with E-state index < -0.39 is 23.7 Å². The van der Waals surface area contributed by atoms with Gasteiger partial charge in [0.2, 0.25) is 0 Å². The van der Waals surface area contributed by atoms with Gasteiger partial charge >= 0.3 is 12.1 Å². The largest absolute Gasteiger partial charge is 0.465 e. The van der Waals surface area contributed by atoms with Crippen LogP contribution in [0.1, 0.15) is 50.2 Å². The first-order valence-electron chi connectivity index (χ1n) is 11.2. The Morgan fingerprint density at radius 3 is 2.67 bits per heavy atom. The predicted molar refractivity (Wildman–Crippen MR) is 128 cm³/mol. The van der Waals surface area contributed by atoms with E-state index in [-0.39, 0.29) is 16.9 Å². The van der Waals surface area contributed by atoms with E-state index in [1.807, 2.05) is 0 Å². The van der Waals surface area contributed by atoms with Gasteiger partial charge in [0.1, 0.15) is 10.6 Å². The van der Waals surface area contributed by atoms with Gasteiger partial charge in [-0.05, 0) is 36.8 Å². The lowest BCUT2D eigenvalue weighted by Gasteiger charge is -2.18. The molecule has 0 saturated carbocycles. The van der Waals surface area contributed by atoms with E-state index in [0.29, 0.717) is 33.0 Å². The van der Waals surface area contributed by atoms with Crippen molar-refractivity contribution in [2.24, 2.45) is 5.92 Å². The summed E-state index contributed by atoms with van der Waals surface area (Å²) in [6.45, 7) is 2.12. The van der Waals surface area contributed by atoms with Crippen LogP contribution in [0.3, 0.4) is 0 Å². The summed E-state index contributed by atoms with van der Waals surface area (Å²) in [4.78, 5) is 31.2. The number of nitrogens with one attached hydrogen (secondary N) is 1. The minimum absolute atomic E-state index is 0.0563. The average Bonchev–Trinajstić information content (AvgIpc) is 3.43. The number of esters is 1. The van der Waals surface area contributed by atoms with Gasteiger partial charge in [0, 0.05) is 10.4 Å². The van der Waals surface area contributed by atoms with Crippen molar-refractivity contribution in [3.8, 4) is 11.3 Å². The van der Waals surface area contributed by atoms with E-state index in [2.05, 4.69) is 22.3 Å². The summed E-state index contributed by atoms with van der Waals surface area (Å²) >= 11 is 1.29. The number of benzene rings is 1. The molecular weight excluding hydrogens is 493 g/mol. The summed E-state index contributed by atoms with van der Waals surface area (Å²) in [5.74, 6) is -0.847. The number of methoxy groups -OCH3 is 1. The number of aromatic nitrogens is 3. The number of thiophene rings is 1. The molecule has 1 amide bonds. The molecule has 5 rings (SSSR count). The van der Waals surface area contributed by atoms with Crippen LogP contribution in [-0.2, 0) is 23.8 Å². The first-order chi connectivity index (χ1) is 17.2. The normalized spacial score (nSPS) is 15.5. The molecule has 1 atom stereocenters. The summed E-state index contributed by atoms with van der Waals surface area (Å²) in [5.41, 5.74) is 0.227. The molecule has 0 radical (unpaired) electrons. The number of nitrogens with zero attached hydrogens (tertiary/aromatic N) is 3. The number of carbonyl (C=O) groups is 2. The quantitative estimate of drug-likeness (QED) is 0.356. The Labute approximate surface area is 207 Å². The monoisotopic (exact) mass is 514 g/mol.